The van der Waals surface area contributed by atoms with Gasteiger partial charge in [-0.2, -0.15) is 13.2 Å². The third kappa shape index (κ3) is 5.47. The van der Waals surface area contributed by atoms with Gasteiger partial charge in [-0.15, -0.1) is 0 Å². The summed E-state index contributed by atoms with van der Waals surface area (Å²) in [6.07, 6.45) is -4.16. The number of nitrogens with one attached hydrogen (secondary N) is 1. The molecule has 17 heavy (non-hydrogen) atoms. The van der Waals surface area contributed by atoms with Gasteiger partial charge >= 0.3 is 6.18 Å². The summed E-state index contributed by atoms with van der Waals surface area (Å²) in [5, 5.41) is 3.03. The highest BCUT2D eigenvalue weighted by molar-refractivity contribution is 5.66. The first-order valence-electron chi connectivity index (χ1n) is 5.55. The van der Waals surface area contributed by atoms with Crippen molar-refractivity contribution in [3.63, 3.8) is 0 Å². The fraction of sp³-hybridized carbons (Fsp3) is 0.500. The van der Waals surface area contributed by atoms with Crippen LogP contribution in [0.25, 0.3) is 0 Å². The molecular weight excluding hydrogens is 229 g/mol. The van der Waals surface area contributed by atoms with Gasteiger partial charge in [0.15, 0.2) is 0 Å². The van der Waals surface area contributed by atoms with Gasteiger partial charge in [-0.1, -0.05) is 6.07 Å². The second-order valence-corrected chi connectivity index (χ2v) is 4.09. The highest BCUT2D eigenvalue weighted by Gasteiger charge is 2.25. The van der Waals surface area contributed by atoms with Crippen molar-refractivity contribution in [3.8, 4) is 0 Å². The van der Waals surface area contributed by atoms with Crippen LogP contribution in [0.15, 0.2) is 18.2 Å². The first-order valence-corrected chi connectivity index (χ1v) is 5.55. The molecular formula is C12H17F3N2. The zero-order valence-electron chi connectivity index (χ0n) is 9.77. The Morgan fingerprint density at radius 2 is 1.94 bits per heavy atom. The predicted molar refractivity (Wildman–Crippen MR) is 64.0 cm³/mol. The molecule has 1 aromatic carbocycles. The number of alkyl halides is 3. The minimum Gasteiger partial charge on any atom is -0.397 e. The minimum atomic E-state index is -4.05. The molecule has 3 N–H and O–H groups in total. The van der Waals surface area contributed by atoms with E-state index in [1.165, 1.54) is 0 Å². The van der Waals surface area contributed by atoms with Crippen molar-refractivity contribution in [1.82, 2.24) is 0 Å². The highest BCUT2D eigenvalue weighted by atomic mass is 19.4. The molecule has 96 valence electrons. The van der Waals surface area contributed by atoms with Crippen molar-refractivity contribution in [3.05, 3.63) is 23.8 Å². The largest absolute Gasteiger partial charge is 0.397 e. The molecule has 0 aliphatic heterocycles. The van der Waals surface area contributed by atoms with Crippen LogP contribution < -0.4 is 11.1 Å². The Hall–Kier alpha value is -1.39. The van der Waals surface area contributed by atoms with Crippen molar-refractivity contribution in [2.24, 2.45) is 0 Å². The molecule has 2 nitrogen and oxygen atoms in total. The van der Waals surface area contributed by atoms with E-state index in [1.54, 1.807) is 0 Å². The summed E-state index contributed by atoms with van der Waals surface area (Å²) in [5.74, 6) is 0. The van der Waals surface area contributed by atoms with E-state index in [-0.39, 0.29) is 6.42 Å². The van der Waals surface area contributed by atoms with Gasteiger partial charge in [0.2, 0.25) is 0 Å². The topological polar surface area (TPSA) is 38.0 Å². The van der Waals surface area contributed by atoms with E-state index in [4.69, 9.17) is 5.73 Å². The average molecular weight is 246 g/mol. The standard InChI is InChI=1S/C12H17F3N2/c1-9-4-5-11(10(16)8-9)17-7-3-2-6-12(13,14)15/h4-5,8,17H,2-3,6-7,16H2,1H3. The molecule has 0 fully saturated rings. The van der Waals surface area contributed by atoms with Crippen LogP contribution >= 0.6 is 0 Å². The smallest absolute Gasteiger partial charge is 0.389 e. The van der Waals surface area contributed by atoms with Gasteiger partial charge in [0.25, 0.3) is 0 Å². The van der Waals surface area contributed by atoms with E-state index < -0.39 is 12.6 Å². The number of nitrogen functional groups attached to an aromatic ring is 1. The molecule has 0 atom stereocenters. The summed E-state index contributed by atoms with van der Waals surface area (Å²) < 4.78 is 35.6. The Balaban J connectivity index is 2.27. The van der Waals surface area contributed by atoms with Crippen LogP contribution in [0.5, 0.6) is 0 Å². The molecule has 0 bridgehead atoms. The summed E-state index contributed by atoms with van der Waals surface area (Å²) in [5.41, 5.74) is 8.23. The Kier molecular flexibility index (Phi) is 4.66. The predicted octanol–water partition coefficient (Wildman–Crippen LogP) is 3.72. The van der Waals surface area contributed by atoms with Gasteiger partial charge in [0.1, 0.15) is 0 Å². The maximum atomic E-state index is 11.9. The van der Waals surface area contributed by atoms with Crippen molar-refractivity contribution in [1.29, 1.82) is 0 Å². The van der Waals surface area contributed by atoms with E-state index in [1.807, 2.05) is 25.1 Å². The third-order valence-electron chi connectivity index (χ3n) is 2.41. The Morgan fingerprint density at radius 3 is 2.53 bits per heavy atom. The van der Waals surface area contributed by atoms with E-state index in [0.29, 0.717) is 18.7 Å². The molecule has 0 heterocycles. The lowest BCUT2D eigenvalue weighted by molar-refractivity contribution is -0.135. The number of unbranched alkanes of at least 4 members (excludes halogenated alkanes) is 1. The minimum absolute atomic E-state index is 0.141. The van der Waals surface area contributed by atoms with E-state index in [2.05, 4.69) is 5.32 Å². The van der Waals surface area contributed by atoms with Crippen LogP contribution in [0, 0.1) is 6.92 Å². The van der Waals surface area contributed by atoms with Crippen LogP contribution in [-0.2, 0) is 0 Å². The van der Waals surface area contributed by atoms with Crippen LogP contribution in [0.4, 0.5) is 24.5 Å². The summed E-state index contributed by atoms with van der Waals surface area (Å²) in [4.78, 5) is 0. The van der Waals surface area contributed by atoms with Gasteiger partial charge in [0.05, 0.1) is 11.4 Å². The molecule has 5 heteroatoms. The number of benzene rings is 1. The SMILES string of the molecule is Cc1ccc(NCCCCC(F)(F)F)c(N)c1. The highest BCUT2D eigenvalue weighted by Crippen LogP contribution is 2.23. The van der Waals surface area contributed by atoms with Crippen molar-refractivity contribution < 1.29 is 13.2 Å². The summed E-state index contributed by atoms with van der Waals surface area (Å²) >= 11 is 0. The number of halogens is 3. The average Bonchev–Trinajstić information content (AvgIpc) is 2.18. The number of nitrogens with two attached hydrogens (primary N) is 1. The molecule has 1 aromatic rings. The van der Waals surface area contributed by atoms with Gasteiger partial charge in [-0.3, -0.25) is 0 Å². The molecule has 0 aliphatic rings. The summed E-state index contributed by atoms with van der Waals surface area (Å²) in [7, 11) is 0. The maximum absolute atomic E-state index is 11.9. The second kappa shape index (κ2) is 5.80. The monoisotopic (exact) mass is 246 g/mol. The van der Waals surface area contributed by atoms with Crippen molar-refractivity contribution >= 4 is 11.4 Å². The second-order valence-electron chi connectivity index (χ2n) is 4.09. The molecule has 0 radical (unpaired) electrons. The van der Waals surface area contributed by atoms with E-state index >= 15 is 0 Å². The lowest BCUT2D eigenvalue weighted by atomic mass is 10.2. The summed E-state index contributed by atoms with van der Waals surface area (Å²) in [6.45, 7) is 2.44. The van der Waals surface area contributed by atoms with Gasteiger partial charge < -0.3 is 11.1 Å². The number of hydrogen-bond donors (Lipinski definition) is 2. The third-order valence-corrected chi connectivity index (χ3v) is 2.41. The molecule has 0 spiro atoms. The van der Waals surface area contributed by atoms with Crippen molar-refractivity contribution in [2.75, 3.05) is 17.6 Å². The van der Waals surface area contributed by atoms with Gasteiger partial charge in [-0.25, -0.2) is 0 Å². The normalized spacial score (nSPS) is 11.5. The van der Waals surface area contributed by atoms with E-state index in [9.17, 15) is 13.2 Å². The van der Waals surface area contributed by atoms with Crippen molar-refractivity contribution in [2.45, 2.75) is 32.4 Å². The number of anilines is 2. The first kappa shape index (κ1) is 13.7. The fourth-order valence-corrected chi connectivity index (χ4v) is 1.52. The fourth-order valence-electron chi connectivity index (χ4n) is 1.52. The Labute approximate surface area is 99.0 Å². The number of hydrogen-bond acceptors (Lipinski definition) is 2. The molecule has 0 saturated heterocycles. The quantitative estimate of drug-likeness (QED) is 0.613. The Morgan fingerprint density at radius 1 is 1.24 bits per heavy atom. The Bertz CT molecular complexity index is 361. The first-order chi connectivity index (χ1) is 7.88. The lowest BCUT2D eigenvalue weighted by Gasteiger charge is -2.10. The molecule has 0 amide bonds. The van der Waals surface area contributed by atoms with E-state index in [0.717, 1.165) is 11.3 Å². The van der Waals surface area contributed by atoms with Gasteiger partial charge in [-0.05, 0) is 37.5 Å². The van der Waals surface area contributed by atoms with Gasteiger partial charge in [0, 0.05) is 13.0 Å². The molecule has 0 saturated carbocycles. The number of aryl methyl sites for hydroxylation is 1. The maximum Gasteiger partial charge on any atom is 0.389 e. The number of rotatable bonds is 5. The molecule has 0 aliphatic carbocycles. The van der Waals surface area contributed by atoms with Crippen LogP contribution in [0.3, 0.4) is 0 Å². The molecule has 0 aromatic heterocycles. The van der Waals surface area contributed by atoms with Crippen LogP contribution in [0.2, 0.25) is 0 Å². The summed E-state index contributed by atoms with van der Waals surface area (Å²) in [6, 6.07) is 5.58. The molecule has 0 unspecified atom stereocenters. The van der Waals surface area contributed by atoms with Crippen LogP contribution in [-0.4, -0.2) is 12.7 Å². The zero-order chi connectivity index (χ0) is 12.9. The zero-order valence-corrected chi connectivity index (χ0v) is 9.77. The van der Waals surface area contributed by atoms with Crippen LogP contribution in [0.1, 0.15) is 24.8 Å². The molecule has 1 rings (SSSR count). The lowest BCUT2D eigenvalue weighted by Crippen LogP contribution is -2.09.